The van der Waals surface area contributed by atoms with E-state index in [0.717, 1.165) is 0 Å². The molecule has 2 heterocycles. The Balaban J connectivity index is 1.48. The molecule has 0 aliphatic carbocycles. The number of benzene rings is 1. The highest BCUT2D eigenvalue weighted by Gasteiger charge is 2.40. The molecule has 7 heteroatoms. The Kier molecular flexibility index (Phi) is 4.99. The van der Waals surface area contributed by atoms with Crippen molar-refractivity contribution in [2.24, 2.45) is 0 Å². The van der Waals surface area contributed by atoms with Crippen molar-refractivity contribution in [2.75, 3.05) is 32.8 Å². The normalized spacial score (nSPS) is 19.8. The molecule has 1 aromatic rings. The van der Waals surface area contributed by atoms with Crippen LogP contribution in [0, 0.1) is 0 Å². The van der Waals surface area contributed by atoms with Crippen molar-refractivity contribution in [3.8, 4) is 0 Å². The van der Waals surface area contributed by atoms with Gasteiger partial charge < -0.3 is 19.7 Å². The van der Waals surface area contributed by atoms with Gasteiger partial charge >= 0.3 is 0 Å². The number of carbonyl (C=O) groups is 2. The average Bonchev–Trinajstić information content (AvgIpc) is 3.01. The molecule has 2 amide bonds. The lowest BCUT2D eigenvalue weighted by Crippen LogP contribution is -2.49. The van der Waals surface area contributed by atoms with Gasteiger partial charge in [-0.3, -0.25) is 9.59 Å². The van der Waals surface area contributed by atoms with Gasteiger partial charge in [0.15, 0.2) is 5.79 Å². The van der Waals surface area contributed by atoms with Gasteiger partial charge in [-0.2, -0.15) is 0 Å². The van der Waals surface area contributed by atoms with Crippen molar-refractivity contribution in [1.82, 2.24) is 10.2 Å². The zero-order chi connectivity index (χ0) is 16.3. The second-order valence-corrected chi connectivity index (χ2v) is 6.51. The van der Waals surface area contributed by atoms with Crippen LogP contribution >= 0.6 is 15.9 Å². The van der Waals surface area contributed by atoms with E-state index >= 15 is 0 Å². The number of piperidine rings is 1. The fraction of sp³-hybridized carbons (Fsp3) is 0.500. The summed E-state index contributed by atoms with van der Waals surface area (Å²) in [7, 11) is 0. The molecular formula is C16H19BrN2O4. The molecule has 0 unspecified atom stereocenters. The maximum Gasteiger partial charge on any atom is 0.252 e. The molecule has 0 saturated carbocycles. The third-order valence-electron chi connectivity index (χ3n) is 4.21. The molecule has 0 atom stereocenters. The van der Waals surface area contributed by atoms with E-state index in [-0.39, 0.29) is 18.4 Å². The highest BCUT2D eigenvalue weighted by atomic mass is 79.9. The Labute approximate surface area is 143 Å². The highest BCUT2D eigenvalue weighted by molar-refractivity contribution is 9.10. The minimum atomic E-state index is -0.491. The molecule has 0 aromatic heterocycles. The maximum absolute atomic E-state index is 12.2. The number of nitrogens with zero attached hydrogens (tertiary/aromatic N) is 1. The summed E-state index contributed by atoms with van der Waals surface area (Å²) < 4.78 is 12.0. The first-order chi connectivity index (χ1) is 11.1. The van der Waals surface area contributed by atoms with Crippen LogP contribution < -0.4 is 5.32 Å². The Hall–Kier alpha value is -1.44. The first kappa shape index (κ1) is 16.4. The molecule has 0 radical (unpaired) electrons. The van der Waals surface area contributed by atoms with Crippen LogP contribution in [0.25, 0.3) is 0 Å². The maximum atomic E-state index is 12.2. The van der Waals surface area contributed by atoms with Gasteiger partial charge in [0.1, 0.15) is 0 Å². The van der Waals surface area contributed by atoms with Crippen LogP contribution in [-0.2, 0) is 14.3 Å². The van der Waals surface area contributed by atoms with Crippen LogP contribution in [0.15, 0.2) is 28.7 Å². The topological polar surface area (TPSA) is 67.9 Å². The molecule has 2 aliphatic rings. The summed E-state index contributed by atoms with van der Waals surface area (Å²) in [6, 6.07) is 7.13. The van der Waals surface area contributed by atoms with E-state index in [0.29, 0.717) is 49.2 Å². The average molecular weight is 383 g/mol. The molecule has 1 aromatic carbocycles. The third-order valence-corrected chi connectivity index (χ3v) is 4.90. The molecule has 6 nitrogen and oxygen atoms in total. The monoisotopic (exact) mass is 382 g/mol. The van der Waals surface area contributed by atoms with E-state index in [1.165, 1.54) is 0 Å². The lowest BCUT2D eigenvalue weighted by molar-refractivity contribution is -0.187. The molecule has 1 spiro atoms. The standard InChI is InChI=1S/C16H19BrN2O4/c17-13-4-2-1-3-12(13)15(21)18-11-14(20)19-7-5-16(6-8-19)22-9-10-23-16/h1-4H,5-11H2,(H,18,21). The second-order valence-electron chi connectivity index (χ2n) is 5.65. The van der Waals surface area contributed by atoms with Crippen LogP contribution in [0.3, 0.4) is 0 Å². The summed E-state index contributed by atoms with van der Waals surface area (Å²) in [5.41, 5.74) is 0.519. The number of hydrogen-bond acceptors (Lipinski definition) is 4. The van der Waals surface area contributed by atoms with Crippen molar-refractivity contribution in [1.29, 1.82) is 0 Å². The molecule has 3 rings (SSSR count). The molecule has 0 bridgehead atoms. The zero-order valence-corrected chi connectivity index (χ0v) is 14.3. The fourth-order valence-electron chi connectivity index (χ4n) is 2.89. The predicted molar refractivity (Wildman–Crippen MR) is 86.9 cm³/mol. The van der Waals surface area contributed by atoms with Crippen LogP contribution in [-0.4, -0.2) is 55.3 Å². The SMILES string of the molecule is O=C(NCC(=O)N1CCC2(CC1)OCCO2)c1ccccc1Br. The van der Waals surface area contributed by atoms with Crippen LogP contribution in [0.4, 0.5) is 0 Å². The van der Waals surface area contributed by atoms with Gasteiger partial charge in [0.05, 0.1) is 25.3 Å². The van der Waals surface area contributed by atoms with E-state index in [9.17, 15) is 9.59 Å². The minimum Gasteiger partial charge on any atom is -0.347 e. The van der Waals surface area contributed by atoms with Gasteiger partial charge in [-0.25, -0.2) is 0 Å². The van der Waals surface area contributed by atoms with E-state index in [1.54, 1.807) is 23.1 Å². The number of hydrogen-bond donors (Lipinski definition) is 1. The van der Waals surface area contributed by atoms with Crippen molar-refractivity contribution >= 4 is 27.7 Å². The van der Waals surface area contributed by atoms with Crippen molar-refractivity contribution in [3.63, 3.8) is 0 Å². The van der Waals surface area contributed by atoms with Crippen molar-refractivity contribution in [3.05, 3.63) is 34.3 Å². The smallest absolute Gasteiger partial charge is 0.252 e. The van der Waals surface area contributed by atoms with Gasteiger partial charge in [0.2, 0.25) is 5.91 Å². The first-order valence-electron chi connectivity index (χ1n) is 7.68. The number of nitrogens with one attached hydrogen (secondary N) is 1. The largest absolute Gasteiger partial charge is 0.347 e. The van der Waals surface area contributed by atoms with Crippen LogP contribution in [0.1, 0.15) is 23.2 Å². The second kappa shape index (κ2) is 6.98. The molecule has 1 N–H and O–H groups in total. The summed E-state index contributed by atoms with van der Waals surface area (Å²) in [4.78, 5) is 26.1. The number of likely N-dealkylation sites (tertiary alicyclic amines) is 1. The third kappa shape index (κ3) is 3.73. The number of ether oxygens (including phenoxy) is 2. The van der Waals surface area contributed by atoms with Crippen LogP contribution in [0.2, 0.25) is 0 Å². The molecule has 124 valence electrons. The van der Waals surface area contributed by atoms with Gasteiger partial charge in [0, 0.05) is 30.4 Å². The molecule has 2 saturated heterocycles. The summed E-state index contributed by atoms with van der Waals surface area (Å²) in [5, 5.41) is 2.68. The lowest BCUT2D eigenvalue weighted by atomic mass is 10.0. The molecule has 2 fully saturated rings. The van der Waals surface area contributed by atoms with Gasteiger partial charge in [-0.05, 0) is 28.1 Å². The quantitative estimate of drug-likeness (QED) is 0.860. The highest BCUT2D eigenvalue weighted by Crippen LogP contribution is 2.31. The Morgan fingerprint density at radius 3 is 2.48 bits per heavy atom. The molecule has 23 heavy (non-hydrogen) atoms. The van der Waals surface area contributed by atoms with Crippen LogP contribution in [0.5, 0.6) is 0 Å². The number of amides is 2. The summed E-state index contributed by atoms with van der Waals surface area (Å²) in [6.45, 7) is 2.41. The summed E-state index contributed by atoms with van der Waals surface area (Å²) in [6.07, 6.45) is 1.35. The van der Waals surface area contributed by atoms with Crippen molar-refractivity contribution in [2.45, 2.75) is 18.6 Å². The Bertz CT molecular complexity index is 591. The number of carbonyl (C=O) groups excluding carboxylic acids is 2. The van der Waals surface area contributed by atoms with E-state index in [2.05, 4.69) is 21.2 Å². The Morgan fingerprint density at radius 2 is 1.83 bits per heavy atom. The first-order valence-corrected chi connectivity index (χ1v) is 8.47. The molecular weight excluding hydrogens is 364 g/mol. The summed E-state index contributed by atoms with van der Waals surface area (Å²) in [5.74, 6) is -0.838. The van der Waals surface area contributed by atoms with Crippen molar-refractivity contribution < 1.29 is 19.1 Å². The zero-order valence-electron chi connectivity index (χ0n) is 12.7. The summed E-state index contributed by atoms with van der Waals surface area (Å²) >= 11 is 3.33. The predicted octanol–water partition coefficient (Wildman–Crippen LogP) is 1.54. The molecule has 2 aliphatic heterocycles. The number of rotatable bonds is 3. The Morgan fingerprint density at radius 1 is 1.17 bits per heavy atom. The van der Waals surface area contributed by atoms with Gasteiger partial charge in [0.25, 0.3) is 5.91 Å². The minimum absolute atomic E-state index is 0.00508. The van der Waals surface area contributed by atoms with E-state index in [4.69, 9.17) is 9.47 Å². The lowest BCUT2D eigenvalue weighted by Gasteiger charge is -2.37. The fourth-order valence-corrected chi connectivity index (χ4v) is 3.36. The van der Waals surface area contributed by atoms with Gasteiger partial charge in [-0.15, -0.1) is 0 Å². The van der Waals surface area contributed by atoms with Gasteiger partial charge in [-0.1, -0.05) is 12.1 Å². The number of halogens is 1. The van der Waals surface area contributed by atoms with E-state index < -0.39 is 5.79 Å². The van der Waals surface area contributed by atoms with E-state index in [1.807, 2.05) is 6.07 Å².